The van der Waals surface area contributed by atoms with E-state index in [1.807, 2.05) is 0 Å². The fourth-order valence-corrected chi connectivity index (χ4v) is 4.60. The molecular weight excluding hydrogens is 405 g/mol. The Hall–Kier alpha value is -2.21. The first-order valence-corrected chi connectivity index (χ1v) is 10.3. The number of nitrogens with zero attached hydrogens (tertiary/aromatic N) is 1. The van der Waals surface area contributed by atoms with E-state index in [0.29, 0.717) is 27.0 Å². The average molecular weight is 422 g/mol. The molecule has 0 atom stereocenters. The first kappa shape index (κ1) is 19.5. The summed E-state index contributed by atoms with van der Waals surface area (Å²) in [6, 6.07) is 20.2. The molecule has 0 aliphatic heterocycles. The number of ether oxygens (including phenoxy) is 1. The van der Waals surface area contributed by atoms with Gasteiger partial charge in [-0.25, -0.2) is 8.42 Å². The van der Waals surface area contributed by atoms with Crippen molar-refractivity contribution in [2.24, 2.45) is 0 Å². The first-order valence-electron chi connectivity index (χ1n) is 8.08. The highest BCUT2D eigenvalue weighted by Crippen LogP contribution is 2.35. The Bertz CT molecular complexity index is 1040. The Labute approximate surface area is 169 Å². The van der Waals surface area contributed by atoms with E-state index in [0.717, 1.165) is 0 Å². The van der Waals surface area contributed by atoms with Crippen LogP contribution in [0.25, 0.3) is 0 Å². The Kier molecular flexibility index (Phi) is 5.95. The minimum atomic E-state index is -3.85. The van der Waals surface area contributed by atoms with Crippen LogP contribution in [0.2, 0.25) is 10.0 Å². The van der Waals surface area contributed by atoms with Crippen molar-refractivity contribution in [2.45, 2.75) is 11.4 Å². The van der Waals surface area contributed by atoms with Gasteiger partial charge in [0.1, 0.15) is 5.75 Å². The molecule has 0 aliphatic carbocycles. The minimum Gasteiger partial charge on any atom is -0.495 e. The maximum absolute atomic E-state index is 13.4. The van der Waals surface area contributed by atoms with Crippen molar-refractivity contribution in [3.8, 4) is 5.75 Å². The highest BCUT2D eigenvalue weighted by atomic mass is 35.5. The Morgan fingerprint density at radius 1 is 0.926 bits per heavy atom. The number of para-hydroxylation sites is 2. The number of benzene rings is 3. The fourth-order valence-electron chi connectivity index (χ4n) is 2.66. The van der Waals surface area contributed by atoms with Crippen LogP contribution >= 0.6 is 23.2 Å². The molecule has 0 fully saturated rings. The van der Waals surface area contributed by atoms with Crippen molar-refractivity contribution in [1.82, 2.24) is 0 Å². The summed E-state index contributed by atoms with van der Waals surface area (Å²) < 4.78 is 33.4. The monoisotopic (exact) mass is 421 g/mol. The topological polar surface area (TPSA) is 46.6 Å². The zero-order valence-corrected chi connectivity index (χ0v) is 16.8. The molecule has 0 amide bonds. The zero-order valence-electron chi connectivity index (χ0n) is 14.5. The largest absolute Gasteiger partial charge is 0.495 e. The van der Waals surface area contributed by atoms with Crippen LogP contribution in [-0.4, -0.2) is 15.5 Å². The predicted octanol–water partition coefficient (Wildman–Crippen LogP) is 5.40. The number of methoxy groups -OCH3 is 1. The molecule has 0 saturated carbocycles. The van der Waals surface area contributed by atoms with E-state index in [1.165, 1.54) is 11.4 Å². The third-order valence-electron chi connectivity index (χ3n) is 4.01. The van der Waals surface area contributed by atoms with E-state index in [2.05, 4.69) is 0 Å². The molecule has 0 aromatic heterocycles. The second-order valence-corrected chi connectivity index (χ2v) is 8.44. The molecule has 0 radical (unpaired) electrons. The summed E-state index contributed by atoms with van der Waals surface area (Å²) >= 11 is 12.3. The smallest absolute Gasteiger partial charge is 0.264 e. The molecule has 0 saturated heterocycles. The lowest BCUT2D eigenvalue weighted by Gasteiger charge is -2.26. The van der Waals surface area contributed by atoms with Gasteiger partial charge in [0.25, 0.3) is 10.0 Å². The summed E-state index contributed by atoms with van der Waals surface area (Å²) in [5.41, 5.74) is 1.06. The van der Waals surface area contributed by atoms with Crippen LogP contribution in [0.15, 0.2) is 77.7 Å². The van der Waals surface area contributed by atoms with Gasteiger partial charge in [-0.3, -0.25) is 4.31 Å². The number of anilines is 1. The van der Waals surface area contributed by atoms with Crippen molar-refractivity contribution in [3.05, 3.63) is 88.4 Å². The van der Waals surface area contributed by atoms with Gasteiger partial charge in [-0.15, -0.1) is 0 Å². The van der Waals surface area contributed by atoms with Gasteiger partial charge in [0, 0.05) is 10.0 Å². The third kappa shape index (κ3) is 4.21. The van der Waals surface area contributed by atoms with Crippen molar-refractivity contribution in [2.75, 3.05) is 11.4 Å². The van der Waals surface area contributed by atoms with Gasteiger partial charge < -0.3 is 4.74 Å². The lowest BCUT2D eigenvalue weighted by atomic mass is 10.2. The summed E-state index contributed by atoms with van der Waals surface area (Å²) in [6.07, 6.45) is 0. The molecule has 0 unspecified atom stereocenters. The van der Waals surface area contributed by atoms with E-state index >= 15 is 0 Å². The highest BCUT2D eigenvalue weighted by molar-refractivity contribution is 7.92. The normalized spacial score (nSPS) is 11.2. The molecular formula is C20H17Cl2NO3S. The fraction of sp³-hybridized carbons (Fsp3) is 0.100. The standard InChI is InChI=1S/C20H17Cl2NO3S/c1-26-20-10-6-5-9-19(20)23(14-15-11-12-16(21)13-18(15)22)27(24,25)17-7-3-2-4-8-17/h2-13H,14H2,1H3. The van der Waals surface area contributed by atoms with Crippen molar-refractivity contribution >= 4 is 38.9 Å². The van der Waals surface area contributed by atoms with Gasteiger partial charge in [-0.1, -0.05) is 59.6 Å². The Morgan fingerprint density at radius 3 is 2.26 bits per heavy atom. The molecule has 27 heavy (non-hydrogen) atoms. The van der Waals surface area contributed by atoms with E-state index in [4.69, 9.17) is 27.9 Å². The lowest BCUT2D eigenvalue weighted by Crippen LogP contribution is -2.31. The van der Waals surface area contributed by atoms with Crippen molar-refractivity contribution < 1.29 is 13.2 Å². The molecule has 3 aromatic rings. The van der Waals surface area contributed by atoms with E-state index in [1.54, 1.807) is 72.8 Å². The number of rotatable bonds is 6. The summed E-state index contributed by atoms with van der Waals surface area (Å²) in [5.74, 6) is 0.446. The molecule has 0 heterocycles. The van der Waals surface area contributed by atoms with Gasteiger partial charge in [0.15, 0.2) is 0 Å². The number of sulfonamides is 1. The lowest BCUT2D eigenvalue weighted by molar-refractivity contribution is 0.415. The summed E-state index contributed by atoms with van der Waals surface area (Å²) in [4.78, 5) is 0.181. The average Bonchev–Trinajstić information content (AvgIpc) is 2.68. The zero-order chi connectivity index (χ0) is 19.4. The maximum atomic E-state index is 13.4. The second kappa shape index (κ2) is 8.21. The number of hydrogen-bond donors (Lipinski definition) is 0. The second-order valence-electron chi connectivity index (χ2n) is 5.73. The van der Waals surface area contributed by atoms with Crippen molar-refractivity contribution in [3.63, 3.8) is 0 Å². The summed E-state index contributed by atoms with van der Waals surface area (Å²) in [7, 11) is -2.35. The molecule has 3 rings (SSSR count). The van der Waals surface area contributed by atoms with Crippen LogP contribution in [0.3, 0.4) is 0 Å². The maximum Gasteiger partial charge on any atom is 0.264 e. The van der Waals surface area contributed by atoms with Crippen LogP contribution in [0.1, 0.15) is 5.56 Å². The van der Waals surface area contributed by atoms with Crippen LogP contribution in [0.5, 0.6) is 5.75 Å². The van der Waals surface area contributed by atoms with E-state index in [9.17, 15) is 8.42 Å². The molecule has 3 aromatic carbocycles. The van der Waals surface area contributed by atoms with Crippen LogP contribution < -0.4 is 9.04 Å². The molecule has 0 bridgehead atoms. The molecule has 7 heteroatoms. The SMILES string of the molecule is COc1ccccc1N(Cc1ccc(Cl)cc1Cl)S(=O)(=O)c1ccccc1. The van der Waals surface area contributed by atoms with Gasteiger partial charge in [0.2, 0.25) is 0 Å². The van der Waals surface area contributed by atoms with Crippen molar-refractivity contribution in [1.29, 1.82) is 0 Å². The van der Waals surface area contributed by atoms with Crippen LogP contribution in [-0.2, 0) is 16.6 Å². The van der Waals surface area contributed by atoms with Crippen LogP contribution in [0.4, 0.5) is 5.69 Å². The Balaban J connectivity index is 2.15. The first-order chi connectivity index (χ1) is 12.9. The van der Waals surface area contributed by atoms with Crippen LogP contribution in [0, 0.1) is 0 Å². The molecule has 0 spiro atoms. The summed E-state index contributed by atoms with van der Waals surface area (Å²) in [6.45, 7) is 0.0353. The number of hydrogen-bond acceptors (Lipinski definition) is 3. The molecule has 0 N–H and O–H groups in total. The minimum absolute atomic E-state index is 0.0353. The van der Waals surface area contributed by atoms with Gasteiger partial charge in [-0.05, 0) is 42.0 Å². The molecule has 4 nitrogen and oxygen atoms in total. The summed E-state index contributed by atoms with van der Waals surface area (Å²) in [5, 5.41) is 0.879. The van der Waals surface area contributed by atoms with E-state index in [-0.39, 0.29) is 11.4 Å². The third-order valence-corrected chi connectivity index (χ3v) is 6.38. The van der Waals surface area contributed by atoms with Gasteiger partial charge in [0.05, 0.1) is 24.2 Å². The van der Waals surface area contributed by atoms with E-state index < -0.39 is 10.0 Å². The molecule has 140 valence electrons. The highest BCUT2D eigenvalue weighted by Gasteiger charge is 2.28. The number of halogens is 2. The Morgan fingerprint density at radius 2 is 1.59 bits per heavy atom. The van der Waals surface area contributed by atoms with Gasteiger partial charge >= 0.3 is 0 Å². The predicted molar refractivity (Wildman–Crippen MR) is 109 cm³/mol. The quantitative estimate of drug-likeness (QED) is 0.535. The molecule has 0 aliphatic rings. The van der Waals surface area contributed by atoms with Gasteiger partial charge in [-0.2, -0.15) is 0 Å².